The van der Waals surface area contributed by atoms with Gasteiger partial charge in [0.25, 0.3) is 0 Å². The summed E-state index contributed by atoms with van der Waals surface area (Å²) < 4.78 is 1.35. The van der Waals surface area contributed by atoms with Crippen molar-refractivity contribution in [1.29, 1.82) is 0 Å². The summed E-state index contributed by atoms with van der Waals surface area (Å²) in [6.07, 6.45) is 0. The van der Waals surface area contributed by atoms with Crippen LogP contribution in [0.15, 0.2) is 34.6 Å². The van der Waals surface area contributed by atoms with Crippen molar-refractivity contribution < 1.29 is 9.59 Å². The lowest BCUT2D eigenvalue weighted by atomic mass is 10.2. The second-order valence-corrected chi connectivity index (χ2v) is 9.37. The van der Waals surface area contributed by atoms with Crippen LogP contribution in [0, 0.1) is 6.92 Å². The third-order valence-electron chi connectivity index (χ3n) is 5.40. The Morgan fingerprint density at radius 2 is 1.66 bits per heavy atom. The van der Waals surface area contributed by atoms with E-state index in [1.54, 1.807) is 4.90 Å². The zero-order valence-electron chi connectivity index (χ0n) is 18.9. The van der Waals surface area contributed by atoms with E-state index in [1.165, 1.54) is 39.5 Å². The Morgan fingerprint density at radius 3 is 2.25 bits per heavy atom. The molecule has 2 amide bonds. The Hall–Kier alpha value is -2.40. The molecule has 0 bridgehead atoms. The monoisotopic (exact) mass is 477 g/mol. The number of hydrogen-bond donors (Lipinski definition) is 1. The Bertz CT molecular complexity index is 925. The molecule has 0 unspecified atom stereocenters. The number of carbonyl (C=O) groups excluding carboxylic acids is 2. The van der Waals surface area contributed by atoms with E-state index in [-0.39, 0.29) is 23.3 Å². The lowest BCUT2D eigenvalue weighted by Crippen LogP contribution is -2.49. The van der Waals surface area contributed by atoms with E-state index in [0.29, 0.717) is 36.5 Å². The quantitative estimate of drug-likeness (QED) is 0.430. The minimum absolute atomic E-state index is 0.0391. The zero-order valence-corrected chi connectivity index (χ0v) is 20.5. The number of nitrogen functional groups attached to an aromatic ring is 1. The number of piperazine rings is 1. The van der Waals surface area contributed by atoms with Gasteiger partial charge in [-0.1, -0.05) is 35.7 Å². The minimum Gasteiger partial charge on any atom is -0.368 e. The van der Waals surface area contributed by atoms with E-state index >= 15 is 0 Å². The number of rotatable bonds is 9. The first kappa shape index (κ1) is 24.2. The van der Waals surface area contributed by atoms with Gasteiger partial charge >= 0.3 is 0 Å². The van der Waals surface area contributed by atoms with Gasteiger partial charge in [-0.05, 0) is 38.5 Å². The maximum Gasteiger partial charge on any atom is 0.233 e. The van der Waals surface area contributed by atoms with Crippen LogP contribution in [0.3, 0.4) is 0 Å². The maximum atomic E-state index is 12.7. The molecule has 1 aliphatic heterocycles. The highest BCUT2D eigenvalue weighted by molar-refractivity contribution is 8.00. The van der Waals surface area contributed by atoms with Gasteiger partial charge in [0.1, 0.15) is 0 Å². The number of carbonyl (C=O) groups is 2. The first-order valence-corrected chi connectivity index (χ1v) is 12.7. The van der Waals surface area contributed by atoms with Crippen LogP contribution in [0.25, 0.3) is 0 Å². The summed E-state index contributed by atoms with van der Waals surface area (Å²) in [5.74, 6) is 6.69. The van der Waals surface area contributed by atoms with Gasteiger partial charge in [-0.3, -0.25) is 9.59 Å². The van der Waals surface area contributed by atoms with Crippen molar-refractivity contribution >= 4 is 41.0 Å². The number of hydrogen-bond acceptors (Lipinski definition) is 8. The van der Waals surface area contributed by atoms with Gasteiger partial charge in [0.2, 0.25) is 22.1 Å². The fourth-order valence-electron chi connectivity index (χ4n) is 3.51. The first-order valence-electron chi connectivity index (χ1n) is 10.8. The maximum absolute atomic E-state index is 12.7. The lowest BCUT2D eigenvalue weighted by Gasteiger charge is -2.36. The largest absolute Gasteiger partial charge is 0.368 e. The Morgan fingerprint density at radius 1 is 1.03 bits per heavy atom. The smallest absolute Gasteiger partial charge is 0.233 e. The first-order chi connectivity index (χ1) is 15.4. The van der Waals surface area contributed by atoms with Gasteiger partial charge in [-0.2, -0.15) is 0 Å². The van der Waals surface area contributed by atoms with E-state index in [1.807, 2.05) is 18.7 Å². The molecule has 1 aromatic carbocycles. The highest BCUT2D eigenvalue weighted by Crippen LogP contribution is 2.22. The number of aromatic nitrogens is 3. The third kappa shape index (κ3) is 6.10. The zero-order chi connectivity index (χ0) is 23.1. The number of benzene rings is 1. The van der Waals surface area contributed by atoms with E-state index in [9.17, 15) is 9.59 Å². The van der Waals surface area contributed by atoms with Crippen LogP contribution in [0.4, 0.5) is 5.69 Å². The van der Waals surface area contributed by atoms with Crippen molar-refractivity contribution in [2.24, 2.45) is 0 Å². The van der Waals surface area contributed by atoms with Crippen LogP contribution in [-0.4, -0.2) is 87.3 Å². The van der Waals surface area contributed by atoms with Gasteiger partial charge in [-0.25, -0.2) is 4.68 Å². The SMILES string of the molecule is CCN(CC)C(=O)CSc1nnc(SCC(=O)N2CCN(c3cccc(C)c3)CC2)n1N. The Balaban J connectivity index is 1.46. The van der Waals surface area contributed by atoms with E-state index < -0.39 is 0 Å². The van der Waals surface area contributed by atoms with Gasteiger partial charge < -0.3 is 20.5 Å². The lowest BCUT2D eigenvalue weighted by molar-refractivity contribution is -0.129. The standard InChI is InChI=1S/C21H31N7O2S2/c1-4-25(5-2)18(29)14-31-20-23-24-21(28(20)22)32-15-19(30)27-11-9-26(10-12-27)17-8-6-7-16(3)13-17/h6-8,13H,4-5,9-12,14-15,22H2,1-3H3. The molecular formula is C21H31N7O2S2. The molecule has 2 heterocycles. The molecule has 2 aromatic rings. The molecule has 1 aliphatic rings. The van der Waals surface area contributed by atoms with Gasteiger partial charge in [0.15, 0.2) is 0 Å². The highest BCUT2D eigenvalue weighted by atomic mass is 32.2. The molecule has 1 fully saturated rings. The molecule has 0 spiro atoms. The molecule has 11 heteroatoms. The fourth-order valence-corrected chi connectivity index (χ4v) is 5.09. The molecule has 1 saturated heterocycles. The topological polar surface area (TPSA) is 101 Å². The van der Waals surface area contributed by atoms with E-state index in [0.717, 1.165) is 13.1 Å². The predicted octanol–water partition coefficient (Wildman–Crippen LogP) is 1.70. The number of anilines is 1. The summed E-state index contributed by atoms with van der Waals surface area (Å²) in [5.41, 5.74) is 2.44. The average molecular weight is 478 g/mol. The molecule has 0 aliphatic carbocycles. The molecule has 0 saturated carbocycles. The molecule has 174 valence electrons. The fraction of sp³-hybridized carbons (Fsp3) is 0.524. The van der Waals surface area contributed by atoms with Crippen LogP contribution in [0.1, 0.15) is 19.4 Å². The van der Waals surface area contributed by atoms with Crippen molar-refractivity contribution in [3.63, 3.8) is 0 Å². The Kier molecular flexibility index (Phi) is 8.68. The van der Waals surface area contributed by atoms with Crippen LogP contribution in [0.2, 0.25) is 0 Å². The number of thioether (sulfide) groups is 2. The summed E-state index contributed by atoms with van der Waals surface area (Å²) in [7, 11) is 0. The molecule has 0 atom stereocenters. The molecular weight excluding hydrogens is 446 g/mol. The predicted molar refractivity (Wildman–Crippen MR) is 130 cm³/mol. The highest BCUT2D eigenvalue weighted by Gasteiger charge is 2.22. The number of amides is 2. The normalized spacial score (nSPS) is 14.0. The number of aryl methyl sites for hydroxylation is 1. The molecule has 0 radical (unpaired) electrons. The molecule has 32 heavy (non-hydrogen) atoms. The average Bonchev–Trinajstić information content (AvgIpc) is 3.16. The summed E-state index contributed by atoms with van der Waals surface area (Å²) in [4.78, 5) is 30.8. The third-order valence-corrected chi connectivity index (χ3v) is 7.25. The Labute approximate surface area is 197 Å². The van der Waals surface area contributed by atoms with Crippen LogP contribution < -0.4 is 10.7 Å². The van der Waals surface area contributed by atoms with Crippen molar-refractivity contribution in [2.45, 2.75) is 31.1 Å². The van der Waals surface area contributed by atoms with Gasteiger partial charge in [0, 0.05) is 45.0 Å². The van der Waals surface area contributed by atoms with Crippen molar-refractivity contribution in [1.82, 2.24) is 24.7 Å². The van der Waals surface area contributed by atoms with Crippen LogP contribution in [0.5, 0.6) is 0 Å². The van der Waals surface area contributed by atoms with Gasteiger partial charge in [0.05, 0.1) is 11.5 Å². The number of nitrogens with zero attached hydrogens (tertiary/aromatic N) is 6. The van der Waals surface area contributed by atoms with Crippen LogP contribution >= 0.6 is 23.5 Å². The summed E-state index contributed by atoms with van der Waals surface area (Å²) in [6.45, 7) is 10.3. The molecule has 3 rings (SSSR count). The summed E-state index contributed by atoms with van der Waals surface area (Å²) >= 11 is 2.52. The molecule has 9 nitrogen and oxygen atoms in total. The van der Waals surface area contributed by atoms with Crippen molar-refractivity contribution in [3.8, 4) is 0 Å². The summed E-state index contributed by atoms with van der Waals surface area (Å²) in [6, 6.07) is 8.43. The molecule has 1 aromatic heterocycles. The molecule has 2 N–H and O–H groups in total. The van der Waals surface area contributed by atoms with E-state index in [2.05, 4.69) is 46.3 Å². The van der Waals surface area contributed by atoms with Crippen molar-refractivity contribution in [2.75, 3.05) is 61.5 Å². The van der Waals surface area contributed by atoms with E-state index in [4.69, 9.17) is 5.84 Å². The number of nitrogens with two attached hydrogens (primary N) is 1. The second-order valence-electron chi connectivity index (χ2n) is 7.49. The second kappa shape index (κ2) is 11.5. The minimum atomic E-state index is 0.0391. The summed E-state index contributed by atoms with van der Waals surface area (Å²) in [5, 5.41) is 9.08. The van der Waals surface area contributed by atoms with Gasteiger partial charge in [-0.15, -0.1) is 10.2 Å². The van der Waals surface area contributed by atoms with Crippen LogP contribution in [-0.2, 0) is 9.59 Å². The van der Waals surface area contributed by atoms with Crippen molar-refractivity contribution in [3.05, 3.63) is 29.8 Å².